The summed E-state index contributed by atoms with van der Waals surface area (Å²) in [6, 6.07) is 3.89. The molecule has 0 amide bonds. The van der Waals surface area contributed by atoms with Gasteiger partial charge in [0.05, 0.1) is 0 Å². The van der Waals surface area contributed by atoms with Gasteiger partial charge in [-0.05, 0) is 67.7 Å². The number of phenols is 1. The van der Waals surface area contributed by atoms with E-state index in [1.165, 1.54) is 12.8 Å². The van der Waals surface area contributed by atoms with Crippen molar-refractivity contribution < 1.29 is 5.11 Å². The molecule has 3 rings (SSSR count). The fourth-order valence-corrected chi connectivity index (χ4v) is 3.36. The minimum Gasteiger partial charge on any atom is -0.508 e. The van der Waals surface area contributed by atoms with Gasteiger partial charge in [0.1, 0.15) is 5.75 Å². The van der Waals surface area contributed by atoms with Crippen LogP contribution in [0.15, 0.2) is 24.3 Å². The van der Waals surface area contributed by atoms with Gasteiger partial charge in [-0.3, -0.25) is 0 Å². The molecule has 2 nitrogen and oxygen atoms in total. The second-order valence-corrected chi connectivity index (χ2v) is 5.87. The fraction of sp³-hybridized carbons (Fsp3) is 0.500. The first kappa shape index (κ1) is 11.6. The summed E-state index contributed by atoms with van der Waals surface area (Å²) in [4.78, 5) is 0. The van der Waals surface area contributed by atoms with Gasteiger partial charge in [0.2, 0.25) is 0 Å². The Morgan fingerprint density at radius 1 is 1.17 bits per heavy atom. The van der Waals surface area contributed by atoms with Gasteiger partial charge in [0, 0.05) is 12.2 Å². The zero-order valence-electron chi connectivity index (χ0n) is 11.1. The topological polar surface area (TPSA) is 32.3 Å². The molecule has 2 heteroatoms. The predicted octanol–water partition coefficient (Wildman–Crippen LogP) is 3.63. The van der Waals surface area contributed by atoms with E-state index in [-0.39, 0.29) is 0 Å². The van der Waals surface area contributed by atoms with Crippen molar-refractivity contribution in [1.82, 2.24) is 0 Å². The van der Waals surface area contributed by atoms with E-state index in [2.05, 4.69) is 17.5 Å². The molecule has 1 fully saturated rings. The molecule has 0 aliphatic heterocycles. The molecule has 0 spiro atoms. The maximum Gasteiger partial charge on any atom is 0.118 e. The summed E-state index contributed by atoms with van der Waals surface area (Å²) in [5.41, 5.74) is 3.23. The molecule has 2 aliphatic carbocycles. The second kappa shape index (κ2) is 4.34. The van der Waals surface area contributed by atoms with Gasteiger partial charge in [-0.15, -0.1) is 0 Å². The van der Waals surface area contributed by atoms with Crippen LogP contribution >= 0.6 is 0 Å². The van der Waals surface area contributed by atoms with Gasteiger partial charge in [-0.25, -0.2) is 0 Å². The number of anilines is 1. The molecule has 0 heterocycles. The Labute approximate surface area is 109 Å². The van der Waals surface area contributed by atoms with Crippen LogP contribution in [0.2, 0.25) is 0 Å². The molecule has 2 bridgehead atoms. The van der Waals surface area contributed by atoms with Crippen molar-refractivity contribution in [2.45, 2.75) is 26.7 Å². The second-order valence-electron chi connectivity index (χ2n) is 5.87. The fourth-order valence-electron chi connectivity index (χ4n) is 3.36. The van der Waals surface area contributed by atoms with Gasteiger partial charge in [-0.1, -0.05) is 12.2 Å². The number of phenolic OH excluding ortho intramolecular Hbond substituents is 1. The third-order valence-electron chi connectivity index (χ3n) is 4.51. The Kier molecular flexibility index (Phi) is 2.81. The van der Waals surface area contributed by atoms with Crippen LogP contribution in [0.1, 0.15) is 24.0 Å². The van der Waals surface area contributed by atoms with Crippen LogP contribution in [0, 0.1) is 31.6 Å². The quantitative estimate of drug-likeness (QED) is 0.627. The van der Waals surface area contributed by atoms with Crippen molar-refractivity contribution >= 4 is 5.69 Å². The molecule has 2 aliphatic rings. The summed E-state index contributed by atoms with van der Waals surface area (Å²) in [6.07, 6.45) is 7.48. The monoisotopic (exact) mass is 243 g/mol. The number of allylic oxidation sites excluding steroid dienone is 2. The Morgan fingerprint density at radius 2 is 2.00 bits per heavy atom. The van der Waals surface area contributed by atoms with Crippen molar-refractivity contribution in [1.29, 1.82) is 0 Å². The first-order chi connectivity index (χ1) is 8.63. The molecule has 3 atom stereocenters. The highest BCUT2D eigenvalue weighted by atomic mass is 16.3. The lowest BCUT2D eigenvalue weighted by Crippen LogP contribution is -2.18. The van der Waals surface area contributed by atoms with Gasteiger partial charge in [0.15, 0.2) is 0 Å². The number of benzene rings is 1. The Balaban J connectivity index is 1.67. The highest BCUT2D eigenvalue weighted by Gasteiger charge is 2.35. The van der Waals surface area contributed by atoms with Crippen molar-refractivity contribution in [2.24, 2.45) is 17.8 Å². The highest BCUT2D eigenvalue weighted by molar-refractivity contribution is 5.56. The number of hydrogen-bond acceptors (Lipinski definition) is 2. The molecule has 3 unspecified atom stereocenters. The van der Waals surface area contributed by atoms with E-state index < -0.39 is 0 Å². The normalized spacial score (nSPS) is 28.9. The Hall–Kier alpha value is -1.44. The first-order valence-electron chi connectivity index (χ1n) is 6.86. The molecule has 96 valence electrons. The summed E-state index contributed by atoms with van der Waals surface area (Å²) in [6.45, 7) is 5.04. The smallest absolute Gasteiger partial charge is 0.118 e. The largest absolute Gasteiger partial charge is 0.508 e. The summed E-state index contributed by atoms with van der Waals surface area (Å²) >= 11 is 0. The van der Waals surface area contributed by atoms with Gasteiger partial charge >= 0.3 is 0 Å². The average molecular weight is 243 g/mol. The molecule has 1 aromatic carbocycles. The van der Waals surface area contributed by atoms with Crippen molar-refractivity contribution in [2.75, 3.05) is 11.9 Å². The molecule has 0 aromatic heterocycles. The SMILES string of the molecule is Cc1cc(NCC2CC3C=CC2C3)c(C)cc1O. The van der Waals surface area contributed by atoms with E-state index in [0.717, 1.165) is 41.1 Å². The van der Waals surface area contributed by atoms with Crippen LogP contribution in [-0.2, 0) is 0 Å². The number of aromatic hydroxyl groups is 1. The summed E-state index contributed by atoms with van der Waals surface area (Å²) < 4.78 is 0. The predicted molar refractivity (Wildman–Crippen MR) is 74.9 cm³/mol. The summed E-state index contributed by atoms with van der Waals surface area (Å²) in [7, 11) is 0. The zero-order valence-corrected chi connectivity index (χ0v) is 11.1. The van der Waals surface area contributed by atoms with Crippen molar-refractivity contribution in [3.63, 3.8) is 0 Å². The minimum atomic E-state index is 0.390. The number of hydrogen-bond donors (Lipinski definition) is 2. The lowest BCUT2D eigenvalue weighted by molar-refractivity contribution is 0.468. The molecule has 1 aromatic rings. The molecular formula is C16H21NO. The maximum absolute atomic E-state index is 9.65. The van der Waals surface area contributed by atoms with E-state index in [0.29, 0.717) is 5.75 Å². The number of aryl methyl sites for hydroxylation is 2. The van der Waals surface area contributed by atoms with Crippen LogP contribution in [0.5, 0.6) is 5.75 Å². The molecule has 1 saturated carbocycles. The summed E-state index contributed by atoms with van der Waals surface area (Å²) in [5.74, 6) is 2.81. The third kappa shape index (κ3) is 2.00. The maximum atomic E-state index is 9.65. The van der Waals surface area contributed by atoms with E-state index in [1.807, 2.05) is 26.0 Å². The number of fused-ring (bicyclic) bond motifs is 2. The lowest BCUT2D eigenvalue weighted by Gasteiger charge is -2.20. The number of nitrogens with one attached hydrogen (secondary N) is 1. The van der Waals surface area contributed by atoms with Crippen LogP contribution in [0.25, 0.3) is 0 Å². The molecule has 2 N–H and O–H groups in total. The van der Waals surface area contributed by atoms with E-state index in [9.17, 15) is 5.11 Å². The van der Waals surface area contributed by atoms with Crippen LogP contribution in [0.4, 0.5) is 5.69 Å². The van der Waals surface area contributed by atoms with Crippen LogP contribution in [0.3, 0.4) is 0 Å². The molecule has 18 heavy (non-hydrogen) atoms. The van der Waals surface area contributed by atoms with Crippen LogP contribution < -0.4 is 5.32 Å². The zero-order chi connectivity index (χ0) is 12.7. The van der Waals surface area contributed by atoms with E-state index in [4.69, 9.17) is 0 Å². The minimum absolute atomic E-state index is 0.390. The van der Waals surface area contributed by atoms with Crippen LogP contribution in [-0.4, -0.2) is 11.7 Å². The molecule has 0 saturated heterocycles. The number of rotatable bonds is 3. The van der Waals surface area contributed by atoms with Gasteiger partial charge in [0.25, 0.3) is 0 Å². The standard InChI is InChI=1S/C16H21NO/c1-10-6-16(18)11(2)5-15(10)17-9-14-8-12-3-4-13(14)7-12/h3-6,12-14,17-18H,7-9H2,1-2H3. The van der Waals surface area contributed by atoms with Crippen molar-refractivity contribution in [3.8, 4) is 5.75 Å². The van der Waals surface area contributed by atoms with E-state index in [1.54, 1.807) is 0 Å². The lowest BCUT2D eigenvalue weighted by atomic mass is 9.93. The van der Waals surface area contributed by atoms with Crippen molar-refractivity contribution in [3.05, 3.63) is 35.4 Å². The highest BCUT2D eigenvalue weighted by Crippen LogP contribution is 2.43. The van der Waals surface area contributed by atoms with E-state index >= 15 is 0 Å². The molecular weight excluding hydrogens is 222 g/mol. The molecule has 0 radical (unpaired) electrons. The van der Waals surface area contributed by atoms with Gasteiger partial charge < -0.3 is 10.4 Å². The summed E-state index contributed by atoms with van der Waals surface area (Å²) in [5, 5.41) is 13.2. The Bertz CT molecular complexity index is 492. The first-order valence-corrected chi connectivity index (χ1v) is 6.86. The Morgan fingerprint density at radius 3 is 2.67 bits per heavy atom. The van der Waals surface area contributed by atoms with Gasteiger partial charge in [-0.2, -0.15) is 0 Å². The average Bonchev–Trinajstić information content (AvgIpc) is 2.94. The third-order valence-corrected chi connectivity index (χ3v) is 4.51.